The van der Waals surface area contributed by atoms with E-state index in [1.54, 1.807) is 0 Å². The monoisotopic (exact) mass is 214 g/mol. The molecule has 0 aliphatic heterocycles. The minimum absolute atomic E-state index is 0.0701. The molecule has 0 aromatic carbocycles. The minimum Gasteiger partial charge on any atom is -0.382 e. The highest BCUT2D eigenvalue weighted by Crippen LogP contribution is 2.03. The first kappa shape index (κ1) is 12.2. The van der Waals surface area contributed by atoms with Crippen molar-refractivity contribution in [3.63, 3.8) is 0 Å². The molecule has 0 saturated carbocycles. The molecule has 0 aromatic rings. The maximum atomic E-state index is 10.5. The maximum absolute atomic E-state index is 10.5. The van der Waals surface area contributed by atoms with Crippen LogP contribution in [0.3, 0.4) is 0 Å². The van der Waals surface area contributed by atoms with Crippen LogP contribution in [0, 0.1) is 0 Å². The van der Waals surface area contributed by atoms with Crippen LogP contribution in [0.4, 0.5) is 0 Å². The number of ether oxygens (including phenoxy) is 1. The van der Waals surface area contributed by atoms with E-state index in [0.717, 1.165) is 12.8 Å². The molecule has 0 fully saturated rings. The smallest absolute Gasteiger partial charge is 0.232 e. The van der Waals surface area contributed by atoms with Crippen LogP contribution in [0.15, 0.2) is 0 Å². The van der Waals surface area contributed by atoms with Gasteiger partial charge in [0.2, 0.25) is 9.05 Å². The van der Waals surface area contributed by atoms with Crippen molar-refractivity contribution in [2.24, 2.45) is 0 Å². The Morgan fingerprint density at radius 3 is 2.42 bits per heavy atom. The van der Waals surface area contributed by atoms with Gasteiger partial charge in [-0.05, 0) is 19.8 Å². The van der Waals surface area contributed by atoms with Gasteiger partial charge in [-0.15, -0.1) is 0 Å². The molecular weight excluding hydrogens is 200 g/mol. The molecule has 5 heteroatoms. The maximum Gasteiger partial charge on any atom is 0.232 e. The van der Waals surface area contributed by atoms with Crippen molar-refractivity contribution in [3.05, 3.63) is 0 Å². The van der Waals surface area contributed by atoms with Crippen LogP contribution in [0.2, 0.25) is 0 Å². The van der Waals surface area contributed by atoms with Gasteiger partial charge in [0, 0.05) is 23.9 Å². The van der Waals surface area contributed by atoms with Crippen molar-refractivity contribution in [3.8, 4) is 0 Å². The Morgan fingerprint density at radius 1 is 1.25 bits per heavy atom. The third-order valence-corrected chi connectivity index (χ3v) is 2.62. The van der Waals surface area contributed by atoms with Gasteiger partial charge in [0.25, 0.3) is 0 Å². The summed E-state index contributed by atoms with van der Waals surface area (Å²) in [4.78, 5) is 0. The number of rotatable bonds is 7. The Kier molecular flexibility index (Phi) is 6.80. The second-order valence-corrected chi connectivity index (χ2v) is 5.40. The first-order valence-electron chi connectivity index (χ1n) is 4.06. The third-order valence-electron chi connectivity index (χ3n) is 1.38. The van der Waals surface area contributed by atoms with Gasteiger partial charge in [-0.1, -0.05) is 6.42 Å². The van der Waals surface area contributed by atoms with Crippen LogP contribution in [0.25, 0.3) is 0 Å². The summed E-state index contributed by atoms with van der Waals surface area (Å²) in [7, 11) is 1.73. The average Bonchev–Trinajstić information content (AvgIpc) is 1.94. The molecule has 0 rings (SSSR count). The topological polar surface area (TPSA) is 43.4 Å². The lowest BCUT2D eigenvalue weighted by Crippen LogP contribution is -1.98. The van der Waals surface area contributed by atoms with Gasteiger partial charge in [0.05, 0.1) is 5.75 Å². The fourth-order valence-corrected chi connectivity index (χ4v) is 1.68. The Balaban J connectivity index is 3.12. The molecule has 0 N–H and O–H groups in total. The van der Waals surface area contributed by atoms with Crippen molar-refractivity contribution in [2.45, 2.75) is 26.2 Å². The molecule has 12 heavy (non-hydrogen) atoms. The van der Waals surface area contributed by atoms with Crippen molar-refractivity contribution < 1.29 is 13.2 Å². The van der Waals surface area contributed by atoms with E-state index in [9.17, 15) is 8.42 Å². The van der Waals surface area contributed by atoms with E-state index in [1.165, 1.54) is 0 Å². The zero-order valence-electron chi connectivity index (χ0n) is 7.25. The molecule has 0 atom stereocenters. The lowest BCUT2D eigenvalue weighted by Gasteiger charge is -1.99. The fourth-order valence-electron chi connectivity index (χ4n) is 0.800. The summed E-state index contributed by atoms with van der Waals surface area (Å²) >= 11 is 0. The fraction of sp³-hybridized carbons (Fsp3) is 1.00. The molecule has 0 bridgehead atoms. The number of unbranched alkanes of at least 4 members (excludes halogenated alkanes) is 2. The van der Waals surface area contributed by atoms with E-state index < -0.39 is 9.05 Å². The van der Waals surface area contributed by atoms with E-state index in [-0.39, 0.29) is 5.75 Å². The Morgan fingerprint density at radius 2 is 1.92 bits per heavy atom. The SMILES string of the molecule is CCOCCCCCS(=O)(=O)Cl. The van der Waals surface area contributed by atoms with E-state index >= 15 is 0 Å². The van der Waals surface area contributed by atoms with Crippen LogP contribution in [0.5, 0.6) is 0 Å². The molecule has 0 spiro atoms. The van der Waals surface area contributed by atoms with Gasteiger partial charge in [-0.25, -0.2) is 8.42 Å². The molecule has 74 valence electrons. The summed E-state index contributed by atoms with van der Waals surface area (Å²) in [5.41, 5.74) is 0. The highest BCUT2D eigenvalue weighted by Gasteiger charge is 2.03. The van der Waals surface area contributed by atoms with Gasteiger partial charge in [0.15, 0.2) is 0 Å². The summed E-state index contributed by atoms with van der Waals surface area (Å²) in [5, 5.41) is 0. The number of halogens is 1. The summed E-state index contributed by atoms with van der Waals surface area (Å²) in [5.74, 6) is 0.0701. The van der Waals surface area contributed by atoms with Gasteiger partial charge in [-0.3, -0.25) is 0 Å². The predicted molar refractivity (Wildman–Crippen MR) is 50.0 cm³/mol. The van der Waals surface area contributed by atoms with Gasteiger partial charge in [-0.2, -0.15) is 0 Å². The van der Waals surface area contributed by atoms with E-state index in [1.807, 2.05) is 6.92 Å². The van der Waals surface area contributed by atoms with Crippen molar-refractivity contribution >= 4 is 19.7 Å². The molecule has 0 aromatic heterocycles. The lowest BCUT2D eigenvalue weighted by molar-refractivity contribution is 0.143. The molecule has 0 aliphatic rings. The molecular formula is C7H15ClO3S. The Hall–Kier alpha value is 0.200. The van der Waals surface area contributed by atoms with Crippen LogP contribution < -0.4 is 0 Å². The van der Waals surface area contributed by atoms with Crippen LogP contribution in [-0.4, -0.2) is 27.4 Å². The van der Waals surface area contributed by atoms with E-state index in [0.29, 0.717) is 19.6 Å². The predicted octanol–water partition coefficient (Wildman–Crippen LogP) is 1.76. The standard InChI is InChI=1S/C7H15ClO3S/c1-2-11-6-4-3-5-7-12(8,9)10/h2-7H2,1H3. The second-order valence-electron chi connectivity index (χ2n) is 2.50. The highest BCUT2D eigenvalue weighted by molar-refractivity contribution is 8.13. The Labute approximate surface area is 78.5 Å². The lowest BCUT2D eigenvalue weighted by atomic mass is 10.3. The van der Waals surface area contributed by atoms with Crippen molar-refractivity contribution in [1.82, 2.24) is 0 Å². The summed E-state index contributed by atoms with van der Waals surface area (Å²) < 4.78 is 26.0. The zero-order chi connectivity index (χ0) is 9.45. The van der Waals surface area contributed by atoms with Crippen LogP contribution in [0.1, 0.15) is 26.2 Å². The summed E-state index contributed by atoms with van der Waals surface area (Å²) in [6.45, 7) is 3.36. The molecule has 3 nitrogen and oxygen atoms in total. The average molecular weight is 215 g/mol. The van der Waals surface area contributed by atoms with Crippen molar-refractivity contribution in [2.75, 3.05) is 19.0 Å². The molecule has 0 heterocycles. The quantitative estimate of drug-likeness (QED) is 0.479. The third kappa shape index (κ3) is 10.2. The van der Waals surface area contributed by atoms with E-state index in [2.05, 4.69) is 0 Å². The summed E-state index contributed by atoms with van der Waals surface area (Å²) in [6, 6.07) is 0. The normalized spacial score (nSPS) is 11.8. The van der Waals surface area contributed by atoms with Crippen LogP contribution >= 0.6 is 10.7 Å². The molecule has 0 radical (unpaired) electrons. The molecule has 0 saturated heterocycles. The highest BCUT2D eigenvalue weighted by atomic mass is 35.7. The second kappa shape index (κ2) is 6.69. The summed E-state index contributed by atoms with van der Waals surface area (Å²) in [6.07, 6.45) is 2.38. The Bertz CT molecular complexity index is 189. The first-order valence-corrected chi connectivity index (χ1v) is 6.54. The zero-order valence-corrected chi connectivity index (χ0v) is 8.83. The molecule has 0 unspecified atom stereocenters. The van der Waals surface area contributed by atoms with Crippen LogP contribution in [-0.2, 0) is 13.8 Å². The number of hydrogen-bond donors (Lipinski definition) is 0. The van der Waals surface area contributed by atoms with Gasteiger partial charge >= 0.3 is 0 Å². The number of hydrogen-bond acceptors (Lipinski definition) is 3. The van der Waals surface area contributed by atoms with E-state index in [4.69, 9.17) is 15.4 Å². The molecule has 0 amide bonds. The van der Waals surface area contributed by atoms with Gasteiger partial charge in [0.1, 0.15) is 0 Å². The van der Waals surface area contributed by atoms with Gasteiger partial charge < -0.3 is 4.74 Å². The minimum atomic E-state index is -3.29. The first-order chi connectivity index (χ1) is 5.56. The van der Waals surface area contributed by atoms with Crippen molar-refractivity contribution in [1.29, 1.82) is 0 Å². The largest absolute Gasteiger partial charge is 0.382 e. The molecule has 0 aliphatic carbocycles.